The lowest BCUT2D eigenvalue weighted by atomic mass is 10.0. The fourth-order valence-corrected chi connectivity index (χ4v) is 2.59. The number of nitrogens with one attached hydrogen (secondary N) is 1. The van der Waals surface area contributed by atoms with E-state index in [1.165, 1.54) is 0 Å². The van der Waals surface area contributed by atoms with Gasteiger partial charge in [0.2, 0.25) is 5.91 Å². The molecule has 0 aliphatic carbocycles. The molecule has 0 heterocycles. The summed E-state index contributed by atoms with van der Waals surface area (Å²) in [4.78, 5) is 12.3. The molecular weight excluding hydrogens is 288 g/mol. The van der Waals surface area contributed by atoms with Crippen molar-refractivity contribution in [1.82, 2.24) is 5.32 Å². The monoisotopic (exact) mass is 312 g/mol. The van der Waals surface area contributed by atoms with Gasteiger partial charge in [-0.3, -0.25) is 4.79 Å². The van der Waals surface area contributed by atoms with Crippen molar-refractivity contribution >= 4 is 5.91 Å². The first-order chi connectivity index (χ1) is 11.0. The fourth-order valence-electron chi connectivity index (χ4n) is 2.59. The molecule has 4 heteroatoms. The SMILES string of the molecule is COc1ccc(C)cc1C(C)NC(=O)CC(N)c1ccccc1. The van der Waals surface area contributed by atoms with E-state index in [4.69, 9.17) is 10.5 Å². The highest BCUT2D eigenvalue weighted by molar-refractivity contribution is 5.77. The summed E-state index contributed by atoms with van der Waals surface area (Å²) in [7, 11) is 1.63. The van der Waals surface area contributed by atoms with Crippen LogP contribution in [0.25, 0.3) is 0 Å². The lowest BCUT2D eigenvalue weighted by Gasteiger charge is -2.19. The van der Waals surface area contributed by atoms with Crippen molar-refractivity contribution in [3.63, 3.8) is 0 Å². The van der Waals surface area contributed by atoms with Crippen LogP contribution >= 0.6 is 0 Å². The molecule has 2 unspecified atom stereocenters. The first kappa shape index (κ1) is 17.0. The molecule has 0 spiro atoms. The molecule has 0 aromatic heterocycles. The number of benzene rings is 2. The number of methoxy groups -OCH3 is 1. The Morgan fingerprint density at radius 2 is 1.91 bits per heavy atom. The number of aryl methyl sites for hydroxylation is 1. The van der Waals surface area contributed by atoms with E-state index >= 15 is 0 Å². The first-order valence-electron chi connectivity index (χ1n) is 7.75. The van der Waals surface area contributed by atoms with Crippen LogP contribution in [-0.2, 0) is 4.79 Å². The highest BCUT2D eigenvalue weighted by atomic mass is 16.5. The molecule has 0 aliphatic rings. The largest absolute Gasteiger partial charge is 0.496 e. The van der Waals surface area contributed by atoms with Crippen molar-refractivity contribution < 1.29 is 9.53 Å². The van der Waals surface area contributed by atoms with Gasteiger partial charge < -0.3 is 15.8 Å². The topological polar surface area (TPSA) is 64.3 Å². The third kappa shape index (κ3) is 4.57. The molecule has 0 radical (unpaired) electrons. The van der Waals surface area contributed by atoms with Gasteiger partial charge in [0.1, 0.15) is 5.75 Å². The van der Waals surface area contributed by atoms with Gasteiger partial charge >= 0.3 is 0 Å². The van der Waals surface area contributed by atoms with Crippen molar-refractivity contribution in [1.29, 1.82) is 0 Å². The molecule has 0 saturated heterocycles. The van der Waals surface area contributed by atoms with Gasteiger partial charge in [-0.1, -0.05) is 48.0 Å². The maximum absolute atomic E-state index is 12.3. The Morgan fingerprint density at radius 1 is 1.22 bits per heavy atom. The Balaban J connectivity index is 2.01. The maximum Gasteiger partial charge on any atom is 0.222 e. The molecule has 0 fully saturated rings. The summed E-state index contributed by atoms with van der Waals surface area (Å²) in [5.41, 5.74) is 9.16. The molecule has 2 aromatic rings. The van der Waals surface area contributed by atoms with E-state index in [1.54, 1.807) is 7.11 Å². The molecule has 2 aromatic carbocycles. The van der Waals surface area contributed by atoms with Crippen molar-refractivity contribution in [2.45, 2.75) is 32.4 Å². The van der Waals surface area contributed by atoms with Crippen LogP contribution in [0.2, 0.25) is 0 Å². The van der Waals surface area contributed by atoms with Crippen molar-refractivity contribution in [3.8, 4) is 5.75 Å². The third-order valence-corrected chi connectivity index (χ3v) is 3.86. The van der Waals surface area contributed by atoms with E-state index in [-0.39, 0.29) is 24.4 Å². The van der Waals surface area contributed by atoms with Gasteiger partial charge in [0, 0.05) is 18.0 Å². The Morgan fingerprint density at radius 3 is 2.57 bits per heavy atom. The summed E-state index contributed by atoms with van der Waals surface area (Å²) in [5.74, 6) is 0.702. The summed E-state index contributed by atoms with van der Waals surface area (Å²) in [6.45, 7) is 3.96. The average molecular weight is 312 g/mol. The van der Waals surface area contributed by atoms with E-state index in [9.17, 15) is 4.79 Å². The molecule has 2 rings (SSSR count). The van der Waals surface area contributed by atoms with E-state index in [1.807, 2.05) is 62.4 Å². The normalized spacial score (nSPS) is 13.2. The molecule has 0 bridgehead atoms. The number of ether oxygens (including phenoxy) is 1. The summed E-state index contributed by atoms with van der Waals surface area (Å²) < 4.78 is 5.38. The van der Waals surface area contributed by atoms with Crippen LogP contribution in [0.1, 0.15) is 42.1 Å². The molecule has 3 N–H and O–H groups in total. The molecular formula is C19H24N2O2. The minimum Gasteiger partial charge on any atom is -0.496 e. The number of hydrogen-bond donors (Lipinski definition) is 2. The van der Waals surface area contributed by atoms with E-state index < -0.39 is 0 Å². The molecule has 0 aliphatic heterocycles. The Hall–Kier alpha value is -2.33. The van der Waals surface area contributed by atoms with Crippen molar-refractivity contribution in [2.75, 3.05) is 7.11 Å². The van der Waals surface area contributed by atoms with Gasteiger partial charge in [0.15, 0.2) is 0 Å². The van der Waals surface area contributed by atoms with Crippen LogP contribution in [0.3, 0.4) is 0 Å². The molecule has 1 amide bonds. The van der Waals surface area contributed by atoms with E-state index in [0.29, 0.717) is 0 Å². The maximum atomic E-state index is 12.3. The number of rotatable bonds is 6. The minimum atomic E-state index is -0.303. The summed E-state index contributed by atoms with van der Waals surface area (Å²) in [6.07, 6.45) is 0.252. The number of hydrogen-bond acceptors (Lipinski definition) is 3. The number of carbonyl (C=O) groups excluding carboxylic acids is 1. The standard InChI is InChI=1S/C19H24N2O2/c1-13-9-10-18(23-3)16(11-13)14(2)21-19(22)12-17(20)15-7-5-4-6-8-15/h4-11,14,17H,12,20H2,1-3H3,(H,21,22). The highest BCUT2D eigenvalue weighted by Crippen LogP contribution is 2.26. The Labute approximate surface area is 137 Å². The van der Waals surface area contributed by atoms with Crippen LogP contribution in [0.5, 0.6) is 5.75 Å². The fraction of sp³-hybridized carbons (Fsp3) is 0.316. The number of nitrogens with two attached hydrogens (primary N) is 1. The zero-order valence-corrected chi connectivity index (χ0v) is 13.9. The summed E-state index contributed by atoms with van der Waals surface area (Å²) in [6, 6.07) is 15.1. The predicted molar refractivity (Wildman–Crippen MR) is 92.3 cm³/mol. The zero-order chi connectivity index (χ0) is 16.8. The minimum absolute atomic E-state index is 0.0718. The van der Waals surface area contributed by atoms with Gasteiger partial charge in [-0.05, 0) is 25.5 Å². The highest BCUT2D eigenvalue weighted by Gasteiger charge is 2.17. The van der Waals surface area contributed by atoms with Gasteiger partial charge in [0.25, 0.3) is 0 Å². The third-order valence-electron chi connectivity index (χ3n) is 3.86. The smallest absolute Gasteiger partial charge is 0.222 e. The quantitative estimate of drug-likeness (QED) is 0.860. The van der Waals surface area contributed by atoms with Crippen LogP contribution in [0, 0.1) is 6.92 Å². The molecule has 23 heavy (non-hydrogen) atoms. The number of amides is 1. The first-order valence-corrected chi connectivity index (χ1v) is 7.75. The molecule has 2 atom stereocenters. The average Bonchev–Trinajstić information content (AvgIpc) is 2.55. The molecule has 4 nitrogen and oxygen atoms in total. The lowest BCUT2D eigenvalue weighted by Crippen LogP contribution is -2.30. The van der Waals surface area contributed by atoms with Gasteiger partial charge in [-0.25, -0.2) is 0 Å². The van der Waals surface area contributed by atoms with Crippen molar-refractivity contribution in [3.05, 3.63) is 65.2 Å². The Kier molecular flexibility index (Phi) is 5.77. The summed E-state index contributed by atoms with van der Waals surface area (Å²) >= 11 is 0. The second-order valence-corrected chi connectivity index (χ2v) is 5.76. The molecule has 122 valence electrons. The summed E-state index contributed by atoms with van der Waals surface area (Å²) in [5, 5.41) is 3.00. The van der Waals surface area contributed by atoms with Gasteiger partial charge in [-0.15, -0.1) is 0 Å². The van der Waals surface area contributed by atoms with E-state index in [0.717, 1.165) is 22.4 Å². The van der Waals surface area contributed by atoms with Crippen LogP contribution in [-0.4, -0.2) is 13.0 Å². The Bertz CT molecular complexity index is 656. The number of carbonyl (C=O) groups is 1. The van der Waals surface area contributed by atoms with Crippen LogP contribution < -0.4 is 15.8 Å². The molecule has 0 saturated carbocycles. The van der Waals surface area contributed by atoms with Crippen molar-refractivity contribution in [2.24, 2.45) is 5.73 Å². The predicted octanol–water partition coefficient (Wildman–Crippen LogP) is 3.27. The van der Waals surface area contributed by atoms with Gasteiger partial charge in [-0.2, -0.15) is 0 Å². The second-order valence-electron chi connectivity index (χ2n) is 5.76. The van der Waals surface area contributed by atoms with E-state index in [2.05, 4.69) is 5.32 Å². The van der Waals surface area contributed by atoms with Crippen LogP contribution in [0.15, 0.2) is 48.5 Å². The van der Waals surface area contributed by atoms with Gasteiger partial charge in [0.05, 0.1) is 13.2 Å². The second kappa shape index (κ2) is 7.79. The zero-order valence-electron chi connectivity index (χ0n) is 13.9. The lowest BCUT2D eigenvalue weighted by molar-refractivity contribution is -0.122. The van der Waals surface area contributed by atoms with Crippen LogP contribution in [0.4, 0.5) is 0 Å².